The fraction of sp³-hybridized carbons (Fsp3) is 0.455. The second-order valence-corrected chi connectivity index (χ2v) is 7.35. The number of anilines is 1. The molecule has 1 N–H and O–H groups in total. The minimum Gasteiger partial charge on any atom is -0.378 e. The first kappa shape index (κ1) is 22.1. The normalized spacial score (nSPS) is 14.6. The minimum absolute atomic E-state index is 0.146. The number of hydrogen-bond acceptors (Lipinski definition) is 4. The molecule has 2 heterocycles. The summed E-state index contributed by atoms with van der Waals surface area (Å²) in [5.41, 5.74) is 2.01. The molecule has 1 aliphatic heterocycles. The third kappa shape index (κ3) is 5.30. The number of alkyl halides is 3. The molecule has 3 rings (SSSR count). The van der Waals surface area contributed by atoms with Crippen LogP contribution in [0.15, 0.2) is 30.3 Å². The lowest BCUT2D eigenvalue weighted by Crippen LogP contribution is -2.37. The van der Waals surface area contributed by atoms with E-state index >= 15 is 0 Å². The third-order valence-electron chi connectivity index (χ3n) is 5.06. The molecule has 162 valence electrons. The smallest absolute Gasteiger partial charge is 0.378 e. The summed E-state index contributed by atoms with van der Waals surface area (Å²) in [6, 6.07) is 6.71. The lowest BCUT2D eigenvalue weighted by molar-refractivity contribution is -0.137. The van der Waals surface area contributed by atoms with E-state index in [1.807, 2.05) is 19.9 Å². The van der Waals surface area contributed by atoms with Crippen LogP contribution in [-0.2, 0) is 23.9 Å². The first-order valence-electron chi connectivity index (χ1n) is 10.1. The molecule has 0 radical (unpaired) electrons. The van der Waals surface area contributed by atoms with Crippen molar-refractivity contribution in [2.75, 3.05) is 31.2 Å². The second kappa shape index (κ2) is 9.47. The number of aryl methyl sites for hydroxylation is 2. The average molecular weight is 421 g/mol. The summed E-state index contributed by atoms with van der Waals surface area (Å²) in [5.74, 6) is 0.579. The van der Waals surface area contributed by atoms with Crippen LogP contribution in [0.25, 0.3) is 0 Å². The lowest BCUT2D eigenvalue weighted by Gasteiger charge is -2.29. The summed E-state index contributed by atoms with van der Waals surface area (Å²) in [4.78, 5) is 19.8. The molecule has 0 unspecified atom stereocenters. The highest BCUT2D eigenvalue weighted by molar-refractivity contribution is 5.97. The predicted molar refractivity (Wildman–Crippen MR) is 109 cm³/mol. The van der Waals surface area contributed by atoms with Gasteiger partial charge in [0.05, 0.1) is 30.0 Å². The van der Waals surface area contributed by atoms with Gasteiger partial charge < -0.3 is 15.0 Å². The van der Waals surface area contributed by atoms with Gasteiger partial charge in [0.2, 0.25) is 0 Å². The number of ether oxygens (including phenoxy) is 1. The van der Waals surface area contributed by atoms with Gasteiger partial charge in [-0.3, -0.25) is 4.79 Å². The Labute approximate surface area is 174 Å². The van der Waals surface area contributed by atoms with Gasteiger partial charge >= 0.3 is 6.18 Å². The number of carbonyl (C=O) groups excluding carboxylic acids is 1. The van der Waals surface area contributed by atoms with Crippen LogP contribution >= 0.6 is 0 Å². The number of morpholine rings is 1. The van der Waals surface area contributed by atoms with Gasteiger partial charge in [-0.1, -0.05) is 25.5 Å². The SMILES string of the molecule is CCCc1nc(N2CCOCC2)cc(C)c1C(=O)NCc1ccc(C(F)(F)F)cc1. The van der Waals surface area contributed by atoms with Crippen LogP contribution in [0.3, 0.4) is 0 Å². The van der Waals surface area contributed by atoms with Crippen LogP contribution in [0.1, 0.15) is 46.1 Å². The Bertz CT molecular complexity index is 876. The van der Waals surface area contributed by atoms with Gasteiger partial charge in [0.25, 0.3) is 5.91 Å². The molecule has 0 spiro atoms. The number of halogens is 3. The van der Waals surface area contributed by atoms with E-state index in [1.165, 1.54) is 12.1 Å². The van der Waals surface area contributed by atoms with Crippen LogP contribution in [0.4, 0.5) is 19.0 Å². The van der Waals surface area contributed by atoms with E-state index < -0.39 is 11.7 Å². The molecule has 0 aliphatic carbocycles. The number of amides is 1. The van der Waals surface area contributed by atoms with Crippen molar-refractivity contribution in [3.8, 4) is 0 Å². The third-order valence-corrected chi connectivity index (χ3v) is 5.06. The average Bonchev–Trinajstić information content (AvgIpc) is 2.72. The van der Waals surface area contributed by atoms with Gasteiger partial charge in [-0.15, -0.1) is 0 Å². The van der Waals surface area contributed by atoms with Gasteiger partial charge in [0.15, 0.2) is 0 Å². The number of aromatic nitrogens is 1. The van der Waals surface area contributed by atoms with Crippen molar-refractivity contribution < 1.29 is 22.7 Å². The van der Waals surface area contributed by atoms with E-state index in [4.69, 9.17) is 9.72 Å². The zero-order chi connectivity index (χ0) is 21.7. The standard InChI is InChI=1S/C22H26F3N3O2/c1-3-4-18-20(15(2)13-19(27-18)28-9-11-30-12-10-28)21(29)26-14-16-5-7-17(8-6-16)22(23,24)25/h5-8,13H,3-4,9-12,14H2,1-2H3,(H,26,29). The lowest BCUT2D eigenvalue weighted by atomic mass is 10.0. The molecule has 1 saturated heterocycles. The molecular formula is C22H26F3N3O2. The van der Waals surface area contributed by atoms with E-state index in [0.29, 0.717) is 30.8 Å². The Morgan fingerprint density at radius 1 is 1.20 bits per heavy atom. The molecule has 5 nitrogen and oxygen atoms in total. The van der Waals surface area contributed by atoms with Crippen molar-refractivity contribution in [2.24, 2.45) is 0 Å². The highest BCUT2D eigenvalue weighted by Crippen LogP contribution is 2.29. The van der Waals surface area contributed by atoms with Crippen molar-refractivity contribution in [3.05, 3.63) is 58.3 Å². The summed E-state index contributed by atoms with van der Waals surface area (Å²) in [5, 5.41) is 2.82. The van der Waals surface area contributed by atoms with E-state index in [0.717, 1.165) is 48.7 Å². The quantitative estimate of drug-likeness (QED) is 0.762. The molecular weight excluding hydrogens is 395 g/mol. The van der Waals surface area contributed by atoms with E-state index in [1.54, 1.807) is 0 Å². The Morgan fingerprint density at radius 2 is 1.87 bits per heavy atom. The van der Waals surface area contributed by atoms with Crippen LogP contribution in [0.5, 0.6) is 0 Å². The monoisotopic (exact) mass is 421 g/mol. The van der Waals surface area contributed by atoms with E-state index in [9.17, 15) is 18.0 Å². The molecule has 30 heavy (non-hydrogen) atoms. The first-order chi connectivity index (χ1) is 14.3. The van der Waals surface area contributed by atoms with Crippen molar-refractivity contribution >= 4 is 11.7 Å². The minimum atomic E-state index is -4.37. The Morgan fingerprint density at radius 3 is 2.47 bits per heavy atom. The molecule has 1 fully saturated rings. The largest absolute Gasteiger partial charge is 0.416 e. The number of hydrogen-bond donors (Lipinski definition) is 1. The first-order valence-corrected chi connectivity index (χ1v) is 10.1. The second-order valence-electron chi connectivity index (χ2n) is 7.35. The summed E-state index contributed by atoms with van der Waals surface area (Å²) < 4.78 is 43.5. The molecule has 1 aromatic carbocycles. The summed E-state index contributed by atoms with van der Waals surface area (Å²) in [6.45, 7) is 6.89. The fourth-order valence-corrected chi connectivity index (χ4v) is 3.48. The van der Waals surface area contributed by atoms with E-state index in [-0.39, 0.29) is 12.5 Å². The van der Waals surface area contributed by atoms with E-state index in [2.05, 4.69) is 10.2 Å². The van der Waals surface area contributed by atoms with Crippen molar-refractivity contribution in [1.29, 1.82) is 0 Å². The van der Waals surface area contributed by atoms with Gasteiger partial charge in [0.1, 0.15) is 5.82 Å². The Balaban J connectivity index is 1.75. The Kier molecular flexibility index (Phi) is 6.97. The Hall–Kier alpha value is -2.61. The topological polar surface area (TPSA) is 54.5 Å². The van der Waals surface area contributed by atoms with Crippen molar-refractivity contribution in [1.82, 2.24) is 10.3 Å². The molecule has 0 bridgehead atoms. The fourth-order valence-electron chi connectivity index (χ4n) is 3.48. The number of nitrogens with zero attached hydrogens (tertiary/aromatic N) is 2. The number of nitrogens with one attached hydrogen (secondary N) is 1. The zero-order valence-electron chi connectivity index (χ0n) is 17.2. The van der Waals surface area contributed by atoms with Crippen molar-refractivity contribution in [3.63, 3.8) is 0 Å². The van der Waals surface area contributed by atoms with Crippen LogP contribution in [0, 0.1) is 6.92 Å². The highest BCUT2D eigenvalue weighted by Gasteiger charge is 2.30. The molecule has 1 aliphatic rings. The van der Waals surface area contributed by atoms with Crippen LogP contribution < -0.4 is 10.2 Å². The maximum absolute atomic E-state index is 12.9. The number of rotatable bonds is 6. The van der Waals surface area contributed by atoms with Gasteiger partial charge in [-0.05, 0) is 42.7 Å². The predicted octanol–water partition coefficient (Wildman–Crippen LogP) is 4.13. The zero-order valence-corrected chi connectivity index (χ0v) is 17.2. The van der Waals surface area contributed by atoms with Crippen molar-refractivity contribution in [2.45, 2.75) is 39.4 Å². The number of benzene rings is 1. The molecule has 8 heteroatoms. The molecule has 1 amide bonds. The van der Waals surface area contributed by atoms with Gasteiger partial charge in [-0.25, -0.2) is 4.98 Å². The van der Waals surface area contributed by atoms with Gasteiger partial charge in [-0.2, -0.15) is 13.2 Å². The highest BCUT2D eigenvalue weighted by atomic mass is 19.4. The summed E-state index contributed by atoms with van der Waals surface area (Å²) in [7, 11) is 0. The molecule has 1 aromatic heterocycles. The number of carbonyl (C=O) groups is 1. The van der Waals surface area contributed by atoms with Crippen LogP contribution in [0.2, 0.25) is 0 Å². The molecule has 0 atom stereocenters. The molecule has 2 aromatic rings. The molecule has 0 saturated carbocycles. The van der Waals surface area contributed by atoms with Gasteiger partial charge in [0, 0.05) is 19.6 Å². The number of pyridine rings is 1. The summed E-state index contributed by atoms with van der Waals surface area (Å²) >= 11 is 0. The maximum atomic E-state index is 12.9. The van der Waals surface area contributed by atoms with Crippen LogP contribution in [-0.4, -0.2) is 37.2 Å². The maximum Gasteiger partial charge on any atom is 0.416 e. The summed E-state index contributed by atoms with van der Waals surface area (Å²) in [6.07, 6.45) is -2.86.